The maximum absolute atomic E-state index is 13.1. The Bertz CT molecular complexity index is 1450. The Kier molecular flexibility index (Phi) is 6.12. The molecule has 9 heteroatoms. The van der Waals surface area contributed by atoms with Crippen molar-refractivity contribution in [2.75, 3.05) is 6.61 Å². The molecule has 8 nitrogen and oxygen atoms in total. The highest BCUT2D eigenvalue weighted by molar-refractivity contribution is 6.32. The number of amides is 4. The monoisotopic (exact) mass is 489 g/mol. The largest absolute Gasteiger partial charge is 0.490 e. The lowest BCUT2D eigenvalue weighted by Gasteiger charge is -2.25. The minimum Gasteiger partial charge on any atom is -0.490 e. The summed E-state index contributed by atoms with van der Waals surface area (Å²) in [5.74, 6) is -0.403. The molecule has 3 heterocycles. The van der Waals surface area contributed by atoms with Gasteiger partial charge >= 0.3 is 6.03 Å². The summed E-state index contributed by atoms with van der Waals surface area (Å²) in [6, 6.07) is 17.4. The van der Waals surface area contributed by atoms with Gasteiger partial charge < -0.3 is 13.7 Å². The van der Waals surface area contributed by atoms with E-state index < -0.39 is 17.8 Å². The molecule has 4 amide bonds. The Morgan fingerprint density at radius 3 is 2.60 bits per heavy atom. The molecule has 35 heavy (non-hydrogen) atoms. The quantitative estimate of drug-likeness (QED) is 0.302. The van der Waals surface area contributed by atoms with Crippen LogP contribution in [0.2, 0.25) is 5.02 Å². The lowest BCUT2D eigenvalue weighted by atomic mass is 10.1. The number of hydrogen-bond donors (Lipinski definition) is 1. The molecule has 1 saturated heterocycles. The molecule has 1 N–H and O–H groups in total. The van der Waals surface area contributed by atoms with Crippen molar-refractivity contribution in [1.29, 1.82) is 0 Å². The van der Waals surface area contributed by atoms with Crippen LogP contribution in [0.1, 0.15) is 11.3 Å². The Balaban J connectivity index is 1.42. The van der Waals surface area contributed by atoms with Gasteiger partial charge in [-0.2, -0.15) is 0 Å². The highest BCUT2D eigenvalue weighted by Gasteiger charge is 2.36. The number of carbonyl (C=O) groups excluding carboxylic acids is 3. The van der Waals surface area contributed by atoms with E-state index in [1.807, 2.05) is 47.2 Å². The first-order valence-corrected chi connectivity index (χ1v) is 11.3. The number of carbonyl (C=O) groups is 3. The third-order valence-electron chi connectivity index (χ3n) is 5.63. The topological polar surface area (TPSA) is 93.8 Å². The van der Waals surface area contributed by atoms with Gasteiger partial charge in [-0.15, -0.1) is 0 Å². The molecule has 1 aliphatic rings. The minimum absolute atomic E-state index is 0.0799. The van der Waals surface area contributed by atoms with Crippen molar-refractivity contribution in [2.45, 2.75) is 13.1 Å². The summed E-state index contributed by atoms with van der Waals surface area (Å²) < 4.78 is 13.1. The Morgan fingerprint density at radius 2 is 1.80 bits per heavy atom. The van der Waals surface area contributed by atoms with Crippen LogP contribution in [-0.4, -0.2) is 33.9 Å². The predicted molar refractivity (Wildman–Crippen MR) is 130 cm³/mol. The summed E-state index contributed by atoms with van der Waals surface area (Å²) in [4.78, 5) is 38.9. The molecule has 2 aromatic carbocycles. The van der Waals surface area contributed by atoms with E-state index in [-0.39, 0.29) is 12.1 Å². The number of halogens is 1. The molecule has 0 radical (unpaired) electrons. The number of ether oxygens (including phenoxy) is 1. The standard InChI is InChI=1S/C26H20ClN3O5/c27-21-8-2-4-10-23(21)35-13-11-29-15-17(19-7-1-3-9-22(19)29)14-20-24(31)28-26(33)30(25(20)32)16-18-6-5-12-34-18/h1-10,12,14-15H,11,13,16H2,(H,28,31,33). The highest BCUT2D eigenvalue weighted by Crippen LogP contribution is 2.26. The molecular formula is C26H20ClN3O5. The summed E-state index contributed by atoms with van der Waals surface area (Å²) >= 11 is 6.16. The van der Waals surface area contributed by atoms with E-state index in [9.17, 15) is 14.4 Å². The van der Waals surface area contributed by atoms with Crippen LogP contribution in [0.5, 0.6) is 5.75 Å². The zero-order valence-electron chi connectivity index (χ0n) is 18.4. The van der Waals surface area contributed by atoms with Crippen LogP contribution in [0, 0.1) is 0 Å². The number of imide groups is 2. The van der Waals surface area contributed by atoms with Gasteiger partial charge in [-0.1, -0.05) is 41.9 Å². The van der Waals surface area contributed by atoms with E-state index in [2.05, 4.69) is 5.32 Å². The zero-order valence-corrected chi connectivity index (χ0v) is 19.2. The number of aromatic nitrogens is 1. The number of hydrogen-bond acceptors (Lipinski definition) is 5. The van der Waals surface area contributed by atoms with E-state index in [0.717, 1.165) is 15.8 Å². The molecule has 176 valence electrons. The van der Waals surface area contributed by atoms with Crippen LogP contribution < -0.4 is 10.1 Å². The predicted octanol–water partition coefficient (Wildman–Crippen LogP) is 4.63. The molecule has 0 atom stereocenters. The first kappa shape index (κ1) is 22.5. The van der Waals surface area contributed by atoms with E-state index in [4.69, 9.17) is 20.8 Å². The fourth-order valence-electron chi connectivity index (χ4n) is 3.94. The molecule has 1 aliphatic heterocycles. The van der Waals surface area contributed by atoms with Crippen LogP contribution in [-0.2, 0) is 22.7 Å². The normalized spacial score (nSPS) is 15.2. The van der Waals surface area contributed by atoms with E-state index in [0.29, 0.717) is 35.2 Å². The number of fused-ring (bicyclic) bond motifs is 1. The maximum Gasteiger partial charge on any atom is 0.331 e. The second-order valence-electron chi connectivity index (χ2n) is 7.86. The fourth-order valence-corrected chi connectivity index (χ4v) is 4.13. The second-order valence-corrected chi connectivity index (χ2v) is 8.27. The highest BCUT2D eigenvalue weighted by atomic mass is 35.5. The molecule has 0 spiro atoms. The molecule has 0 aliphatic carbocycles. The number of nitrogens with zero attached hydrogens (tertiary/aromatic N) is 2. The van der Waals surface area contributed by atoms with Crippen LogP contribution in [0.3, 0.4) is 0 Å². The lowest BCUT2D eigenvalue weighted by molar-refractivity contribution is -0.130. The Labute approximate surface area is 205 Å². The van der Waals surface area contributed by atoms with Gasteiger partial charge in [0.05, 0.1) is 24.4 Å². The van der Waals surface area contributed by atoms with Crippen molar-refractivity contribution in [2.24, 2.45) is 0 Å². The van der Waals surface area contributed by atoms with Crippen molar-refractivity contribution >= 4 is 46.4 Å². The Hall–Kier alpha value is -4.30. The average molecular weight is 490 g/mol. The SMILES string of the molecule is O=C1NC(=O)N(Cc2ccco2)C(=O)C1=Cc1cn(CCOc2ccccc2Cl)c2ccccc12. The van der Waals surface area contributed by atoms with Gasteiger partial charge in [-0.25, -0.2) is 4.79 Å². The molecule has 0 bridgehead atoms. The van der Waals surface area contributed by atoms with Crippen molar-refractivity contribution in [3.8, 4) is 5.75 Å². The number of urea groups is 1. The van der Waals surface area contributed by atoms with Gasteiger partial charge in [0.2, 0.25) is 0 Å². The smallest absolute Gasteiger partial charge is 0.331 e. The Morgan fingerprint density at radius 1 is 1.00 bits per heavy atom. The van der Waals surface area contributed by atoms with Crippen molar-refractivity contribution in [3.05, 3.63) is 95.0 Å². The van der Waals surface area contributed by atoms with Gasteiger partial charge in [0.25, 0.3) is 11.8 Å². The molecule has 0 unspecified atom stereocenters. The van der Waals surface area contributed by atoms with Gasteiger partial charge in [0.1, 0.15) is 23.7 Å². The van der Waals surface area contributed by atoms with Gasteiger partial charge in [-0.3, -0.25) is 19.8 Å². The summed E-state index contributed by atoms with van der Waals surface area (Å²) in [6.45, 7) is 0.796. The molecule has 1 fully saturated rings. The van der Waals surface area contributed by atoms with Crippen LogP contribution >= 0.6 is 11.6 Å². The molecule has 2 aromatic heterocycles. The van der Waals surface area contributed by atoms with Crippen LogP contribution in [0.25, 0.3) is 17.0 Å². The average Bonchev–Trinajstić information content (AvgIpc) is 3.49. The maximum atomic E-state index is 13.1. The van der Waals surface area contributed by atoms with Crippen molar-refractivity contribution < 1.29 is 23.5 Å². The number of barbiturate groups is 1. The number of nitrogens with one attached hydrogen (secondary N) is 1. The molecule has 5 rings (SSSR count). The van der Waals surface area contributed by atoms with Crippen molar-refractivity contribution in [3.63, 3.8) is 0 Å². The van der Waals surface area contributed by atoms with Gasteiger partial charge in [0, 0.05) is 22.7 Å². The van der Waals surface area contributed by atoms with Gasteiger partial charge in [0.15, 0.2) is 0 Å². The molecular weight excluding hydrogens is 470 g/mol. The summed E-state index contributed by atoms with van der Waals surface area (Å²) in [7, 11) is 0. The number of rotatable bonds is 7. The van der Waals surface area contributed by atoms with Crippen molar-refractivity contribution in [1.82, 2.24) is 14.8 Å². The second kappa shape index (κ2) is 9.52. The minimum atomic E-state index is -0.785. The third-order valence-corrected chi connectivity index (χ3v) is 5.94. The summed E-state index contributed by atoms with van der Waals surface area (Å²) in [6.07, 6.45) is 4.81. The number of furan rings is 1. The number of benzene rings is 2. The first-order chi connectivity index (χ1) is 17.0. The molecule has 0 saturated carbocycles. The molecule has 4 aromatic rings. The summed E-state index contributed by atoms with van der Waals surface area (Å²) in [5.41, 5.74) is 1.45. The fraction of sp³-hybridized carbons (Fsp3) is 0.115. The first-order valence-electron chi connectivity index (χ1n) is 10.9. The van der Waals surface area contributed by atoms with Crippen LogP contribution in [0.15, 0.2) is 83.1 Å². The van der Waals surface area contributed by atoms with E-state index in [1.165, 1.54) is 12.3 Å². The van der Waals surface area contributed by atoms with Gasteiger partial charge in [-0.05, 0) is 36.4 Å². The zero-order chi connectivity index (χ0) is 24.4. The van der Waals surface area contributed by atoms with Crippen LogP contribution in [0.4, 0.5) is 4.79 Å². The van der Waals surface area contributed by atoms with E-state index in [1.54, 1.807) is 24.3 Å². The lowest BCUT2D eigenvalue weighted by Crippen LogP contribution is -2.53. The van der Waals surface area contributed by atoms with E-state index >= 15 is 0 Å². The summed E-state index contributed by atoms with van der Waals surface area (Å²) in [5, 5.41) is 3.62. The number of para-hydroxylation sites is 2. The third kappa shape index (κ3) is 4.56.